The van der Waals surface area contributed by atoms with E-state index >= 15 is 0 Å². The first-order chi connectivity index (χ1) is 13.6. The van der Waals surface area contributed by atoms with Gasteiger partial charge in [0.25, 0.3) is 0 Å². The van der Waals surface area contributed by atoms with Crippen molar-refractivity contribution < 1.29 is 19.1 Å². The Bertz CT molecular complexity index is 768. The van der Waals surface area contributed by atoms with Gasteiger partial charge in [0, 0.05) is 24.1 Å². The van der Waals surface area contributed by atoms with Crippen LogP contribution in [0.3, 0.4) is 0 Å². The molecular weight excluding hydrogens is 354 g/mol. The maximum atomic E-state index is 12.7. The van der Waals surface area contributed by atoms with Crippen molar-refractivity contribution in [2.45, 2.75) is 46.1 Å². The number of likely N-dealkylation sites (tertiary alicyclic amines) is 1. The van der Waals surface area contributed by atoms with Gasteiger partial charge in [-0.3, -0.25) is 0 Å². The van der Waals surface area contributed by atoms with Crippen LogP contribution in [0.5, 0.6) is 0 Å². The Morgan fingerprint density at radius 2 is 1.93 bits per heavy atom. The van der Waals surface area contributed by atoms with Gasteiger partial charge in [-0.25, -0.2) is 9.59 Å². The van der Waals surface area contributed by atoms with E-state index < -0.39 is 0 Å². The van der Waals surface area contributed by atoms with Crippen LogP contribution in [0.4, 0.5) is 4.79 Å². The van der Waals surface area contributed by atoms with E-state index in [0.29, 0.717) is 25.3 Å². The lowest BCUT2D eigenvalue weighted by Crippen LogP contribution is -2.45. The molecule has 1 aromatic carbocycles. The van der Waals surface area contributed by atoms with Crippen LogP contribution in [-0.4, -0.2) is 36.7 Å². The molecule has 0 bridgehead atoms. The minimum Gasteiger partial charge on any atom is -0.463 e. The Kier molecular flexibility index (Phi) is 6.55. The number of carbonyl (C=O) groups is 2. The summed E-state index contributed by atoms with van der Waals surface area (Å²) >= 11 is 0. The summed E-state index contributed by atoms with van der Waals surface area (Å²) in [6, 6.07) is 9.64. The fourth-order valence-electron chi connectivity index (χ4n) is 4.12. The highest BCUT2D eigenvalue weighted by atomic mass is 16.6. The molecule has 0 N–H and O–H groups in total. The molecule has 1 spiro atoms. The molecule has 1 saturated heterocycles. The van der Waals surface area contributed by atoms with E-state index in [-0.39, 0.29) is 24.1 Å². The minimum atomic E-state index is -0.340. The molecule has 5 heteroatoms. The summed E-state index contributed by atoms with van der Waals surface area (Å²) < 4.78 is 10.7. The molecule has 0 aromatic heterocycles. The average molecular weight is 383 g/mol. The van der Waals surface area contributed by atoms with Crippen molar-refractivity contribution in [1.82, 2.24) is 4.90 Å². The summed E-state index contributed by atoms with van der Waals surface area (Å²) in [6.07, 6.45) is 8.06. The number of rotatable bonds is 4. The second-order valence-corrected chi connectivity index (χ2v) is 7.49. The number of hydrogen-bond donors (Lipinski definition) is 0. The monoisotopic (exact) mass is 383 g/mol. The molecule has 1 amide bonds. The van der Waals surface area contributed by atoms with Gasteiger partial charge in [0.2, 0.25) is 0 Å². The van der Waals surface area contributed by atoms with Crippen molar-refractivity contribution in [3.8, 4) is 0 Å². The fourth-order valence-corrected chi connectivity index (χ4v) is 4.12. The zero-order chi connectivity index (χ0) is 20.0. The van der Waals surface area contributed by atoms with Crippen molar-refractivity contribution in [2.75, 3.05) is 19.7 Å². The van der Waals surface area contributed by atoms with Crippen LogP contribution in [0.25, 0.3) is 0 Å². The summed E-state index contributed by atoms with van der Waals surface area (Å²) in [7, 11) is 0. The van der Waals surface area contributed by atoms with Crippen LogP contribution in [0.1, 0.15) is 45.1 Å². The maximum Gasteiger partial charge on any atom is 0.410 e. The molecule has 1 unspecified atom stereocenters. The lowest BCUT2D eigenvalue weighted by molar-refractivity contribution is -0.138. The highest BCUT2D eigenvalue weighted by molar-refractivity contribution is 5.89. The predicted octanol–water partition coefficient (Wildman–Crippen LogP) is 4.64. The molecule has 1 heterocycles. The molecule has 0 saturated carbocycles. The first-order valence-electron chi connectivity index (χ1n) is 10.1. The second-order valence-electron chi connectivity index (χ2n) is 7.49. The van der Waals surface area contributed by atoms with Crippen LogP contribution in [0.2, 0.25) is 0 Å². The van der Waals surface area contributed by atoms with E-state index in [0.717, 1.165) is 36.8 Å². The van der Waals surface area contributed by atoms with E-state index in [1.54, 1.807) is 11.8 Å². The Labute approximate surface area is 167 Å². The Morgan fingerprint density at radius 1 is 1.14 bits per heavy atom. The van der Waals surface area contributed by atoms with Gasteiger partial charge >= 0.3 is 12.1 Å². The molecule has 1 aliphatic carbocycles. The molecule has 3 rings (SSSR count). The number of carbonyl (C=O) groups excluding carboxylic acids is 2. The van der Waals surface area contributed by atoms with Crippen LogP contribution < -0.4 is 0 Å². The normalized spacial score (nSPS) is 23.4. The molecule has 1 aromatic rings. The first-order valence-corrected chi connectivity index (χ1v) is 10.1. The third kappa shape index (κ3) is 4.46. The largest absolute Gasteiger partial charge is 0.463 e. The molecule has 150 valence electrons. The molecule has 5 nitrogen and oxygen atoms in total. The number of benzene rings is 1. The lowest BCUT2D eigenvalue weighted by Gasteiger charge is -2.44. The third-order valence-corrected chi connectivity index (χ3v) is 5.71. The quantitative estimate of drug-likeness (QED) is 0.432. The fraction of sp³-hybridized carbons (Fsp3) is 0.478. The number of hydrogen-bond acceptors (Lipinski definition) is 4. The maximum absolute atomic E-state index is 12.7. The summed E-state index contributed by atoms with van der Waals surface area (Å²) in [5.41, 5.74) is 2.42. The zero-order valence-corrected chi connectivity index (χ0v) is 16.8. The van der Waals surface area contributed by atoms with Gasteiger partial charge in [0.05, 0.1) is 6.61 Å². The summed E-state index contributed by atoms with van der Waals surface area (Å²) in [5.74, 6) is -0.296. The Balaban J connectivity index is 1.77. The van der Waals surface area contributed by atoms with Crippen molar-refractivity contribution in [3.63, 3.8) is 0 Å². The van der Waals surface area contributed by atoms with Crippen LogP contribution in [0.15, 0.2) is 53.6 Å². The third-order valence-electron chi connectivity index (χ3n) is 5.71. The zero-order valence-electron chi connectivity index (χ0n) is 16.8. The number of ether oxygens (including phenoxy) is 2. The number of amides is 1. The van der Waals surface area contributed by atoms with Gasteiger partial charge in [-0.15, -0.1) is 0 Å². The Morgan fingerprint density at radius 3 is 2.61 bits per heavy atom. The number of nitrogens with zero attached hydrogens (tertiary/aromatic N) is 1. The smallest absolute Gasteiger partial charge is 0.410 e. The summed E-state index contributed by atoms with van der Waals surface area (Å²) in [4.78, 5) is 26.8. The van der Waals surface area contributed by atoms with Gasteiger partial charge in [-0.2, -0.15) is 0 Å². The lowest BCUT2D eigenvalue weighted by atomic mass is 9.67. The SMILES string of the molecule is CCOC(=O)C(C)=C1CN(C(=O)OCc2ccccc2)CCC12C=CCCC2. The average Bonchev–Trinajstić information content (AvgIpc) is 2.73. The molecule has 2 aliphatic rings. The highest BCUT2D eigenvalue weighted by Gasteiger charge is 2.41. The first kappa shape index (κ1) is 20.2. The minimum absolute atomic E-state index is 0.148. The van der Waals surface area contributed by atoms with Gasteiger partial charge in [0.1, 0.15) is 6.61 Å². The highest BCUT2D eigenvalue weighted by Crippen LogP contribution is 2.46. The van der Waals surface area contributed by atoms with Gasteiger partial charge in [0.15, 0.2) is 0 Å². The topological polar surface area (TPSA) is 55.8 Å². The Hall–Kier alpha value is -2.56. The van der Waals surface area contributed by atoms with Crippen LogP contribution in [-0.2, 0) is 20.9 Å². The number of allylic oxidation sites excluding steroid dienone is 2. The van der Waals surface area contributed by atoms with Crippen molar-refractivity contribution in [1.29, 1.82) is 0 Å². The molecular formula is C23H29NO4. The number of piperidine rings is 1. The van der Waals surface area contributed by atoms with E-state index in [1.165, 1.54) is 0 Å². The summed E-state index contributed by atoms with van der Waals surface area (Å²) in [6.45, 7) is 5.24. The number of esters is 1. The molecule has 1 fully saturated rings. The van der Waals surface area contributed by atoms with Gasteiger partial charge in [-0.05, 0) is 50.7 Å². The molecule has 0 radical (unpaired) electrons. The predicted molar refractivity (Wildman–Crippen MR) is 108 cm³/mol. The van der Waals surface area contributed by atoms with E-state index in [9.17, 15) is 9.59 Å². The molecule has 28 heavy (non-hydrogen) atoms. The molecule has 1 atom stereocenters. The van der Waals surface area contributed by atoms with Crippen LogP contribution >= 0.6 is 0 Å². The van der Waals surface area contributed by atoms with E-state index in [2.05, 4.69) is 12.2 Å². The van der Waals surface area contributed by atoms with E-state index in [1.807, 2.05) is 37.3 Å². The van der Waals surface area contributed by atoms with Crippen molar-refractivity contribution in [3.05, 3.63) is 59.2 Å². The standard InChI is InChI=1S/C23H29NO4/c1-3-27-21(25)18(2)20-16-24(15-14-23(20)12-8-5-9-13-23)22(26)28-17-19-10-6-4-7-11-19/h4,6-8,10-12H,3,5,9,13-17H2,1-2H3. The summed E-state index contributed by atoms with van der Waals surface area (Å²) in [5, 5.41) is 0. The van der Waals surface area contributed by atoms with E-state index in [4.69, 9.17) is 9.47 Å². The van der Waals surface area contributed by atoms with Crippen molar-refractivity contribution in [2.24, 2.45) is 5.41 Å². The van der Waals surface area contributed by atoms with Gasteiger partial charge in [-0.1, -0.05) is 42.5 Å². The van der Waals surface area contributed by atoms with Gasteiger partial charge < -0.3 is 14.4 Å². The van der Waals surface area contributed by atoms with Crippen LogP contribution in [0, 0.1) is 5.41 Å². The molecule has 1 aliphatic heterocycles. The van der Waals surface area contributed by atoms with Crippen molar-refractivity contribution >= 4 is 12.1 Å². The second kappa shape index (κ2) is 9.09.